The van der Waals surface area contributed by atoms with Crippen molar-refractivity contribution in [1.82, 2.24) is 5.32 Å². The van der Waals surface area contributed by atoms with Crippen molar-refractivity contribution in [2.45, 2.75) is 17.9 Å². The van der Waals surface area contributed by atoms with Crippen LogP contribution in [0.2, 0.25) is 0 Å². The summed E-state index contributed by atoms with van der Waals surface area (Å²) >= 11 is 1.27. The van der Waals surface area contributed by atoms with Gasteiger partial charge in [-0.1, -0.05) is 0 Å². The molecule has 92 valence electrons. The summed E-state index contributed by atoms with van der Waals surface area (Å²) in [5, 5.41) is 20.0. The second-order valence-corrected chi connectivity index (χ2v) is 4.46. The SMILES string of the molecule is CC(NC(=O)CSc1ccc(O)cc1)C(=O)O. The van der Waals surface area contributed by atoms with Crippen LogP contribution >= 0.6 is 11.8 Å². The lowest BCUT2D eigenvalue weighted by molar-refractivity contribution is -0.140. The molecule has 0 saturated carbocycles. The number of thioether (sulfide) groups is 1. The summed E-state index contributed by atoms with van der Waals surface area (Å²) < 4.78 is 0. The van der Waals surface area contributed by atoms with Gasteiger partial charge < -0.3 is 15.5 Å². The first-order chi connectivity index (χ1) is 7.99. The number of carbonyl (C=O) groups excluding carboxylic acids is 1. The lowest BCUT2D eigenvalue weighted by Gasteiger charge is -2.08. The molecule has 0 aromatic heterocycles. The van der Waals surface area contributed by atoms with Gasteiger partial charge in [0.15, 0.2) is 0 Å². The molecular weight excluding hydrogens is 242 g/mol. The van der Waals surface area contributed by atoms with Gasteiger partial charge in [-0.05, 0) is 31.2 Å². The van der Waals surface area contributed by atoms with Crippen LogP contribution in [0.15, 0.2) is 29.2 Å². The zero-order valence-corrected chi connectivity index (χ0v) is 10.0. The van der Waals surface area contributed by atoms with Crippen molar-refractivity contribution in [3.63, 3.8) is 0 Å². The van der Waals surface area contributed by atoms with Gasteiger partial charge in [-0.25, -0.2) is 0 Å². The van der Waals surface area contributed by atoms with Crippen LogP contribution in [0.5, 0.6) is 5.75 Å². The van der Waals surface area contributed by atoms with E-state index in [1.54, 1.807) is 12.1 Å². The summed E-state index contributed by atoms with van der Waals surface area (Å²) in [6.07, 6.45) is 0. The van der Waals surface area contributed by atoms with E-state index in [1.165, 1.54) is 30.8 Å². The van der Waals surface area contributed by atoms with E-state index in [4.69, 9.17) is 10.2 Å². The van der Waals surface area contributed by atoms with Gasteiger partial charge >= 0.3 is 5.97 Å². The molecule has 0 radical (unpaired) electrons. The maximum Gasteiger partial charge on any atom is 0.325 e. The first kappa shape index (κ1) is 13.4. The largest absolute Gasteiger partial charge is 0.508 e. The minimum atomic E-state index is -1.06. The maximum atomic E-state index is 11.4. The molecule has 5 nitrogen and oxygen atoms in total. The molecule has 1 amide bonds. The molecule has 3 N–H and O–H groups in total. The first-order valence-corrected chi connectivity index (χ1v) is 5.91. The number of nitrogens with one attached hydrogen (secondary N) is 1. The zero-order chi connectivity index (χ0) is 12.8. The quantitative estimate of drug-likeness (QED) is 0.685. The number of aromatic hydroxyl groups is 1. The highest BCUT2D eigenvalue weighted by atomic mass is 32.2. The minimum Gasteiger partial charge on any atom is -0.508 e. The van der Waals surface area contributed by atoms with E-state index in [0.29, 0.717) is 0 Å². The Hall–Kier alpha value is -1.69. The van der Waals surface area contributed by atoms with Crippen molar-refractivity contribution in [2.24, 2.45) is 0 Å². The fraction of sp³-hybridized carbons (Fsp3) is 0.273. The van der Waals surface area contributed by atoms with Crippen molar-refractivity contribution in [2.75, 3.05) is 5.75 Å². The van der Waals surface area contributed by atoms with E-state index < -0.39 is 12.0 Å². The monoisotopic (exact) mass is 255 g/mol. The summed E-state index contributed by atoms with van der Waals surface area (Å²) in [7, 11) is 0. The molecule has 17 heavy (non-hydrogen) atoms. The molecule has 0 heterocycles. The molecular formula is C11H13NO4S. The van der Waals surface area contributed by atoms with Gasteiger partial charge in [0.1, 0.15) is 11.8 Å². The van der Waals surface area contributed by atoms with Crippen LogP contribution in [0, 0.1) is 0 Å². The number of carboxylic acid groups (broad SMARTS) is 1. The third-order valence-electron chi connectivity index (χ3n) is 1.95. The van der Waals surface area contributed by atoms with Crippen LogP contribution in [-0.4, -0.2) is 33.9 Å². The molecule has 0 aliphatic carbocycles. The number of carboxylic acids is 1. The van der Waals surface area contributed by atoms with Crippen LogP contribution in [0.25, 0.3) is 0 Å². The van der Waals surface area contributed by atoms with Gasteiger partial charge in [0, 0.05) is 4.90 Å². The van der Waals surface area contributed by atoms with Gasteiger partial charge in [-0.2, -0.15) is 0 Å². The van der Waals surface area contributed by atoms with E-state index in [1.807, 2.05) is 0 Å². The van der Waals surface area contributed by atoms with Crippen LogP contribution in [0.4, 0.5) is 0 Å². The molecule has 0 aliphatic heterocycles. The summed E-state index contributed by atoms with van der Waals surface area (Å²) in [5.74, 6) is -1.09. The molecule has 0 aliphatic rings. The van der Waals surface area contributed by atoms with E-state index in [2.05, 4.69) is 5.32 Å². The number of aliphatic carboxylic acids is 1. The summed E-state index contributed by atoms with van der Waals surface area (Å²) in [5.41, 5.74) is 0. The molecule has 1 rings (SSSR count). The van der Waals surface area contributed by atoms with E-state index in [9.17, 15) is 9.59 Å². The fourth-order valence-electron chi connectivity index (χ4n) is 1.04. The van der Waals surface area contributed by atoms with Crippen molar-refractivity contribution in [3.05, 3.63) is 24.3 Å². The Bertz CT molecular complexity index is 404. The number of rotatable bonds is 5. The minimum absolute atomic E-state index is 0.141. The van der Waals surface area contributed by atoms with Gasteiger partial charge in [-0.3, -0.25) is 9.59 Å². The highest BCUT2D eigenvalue weighted by molar-refractivity contribution is 8.00. The smallest absolute Gasteiger partial charge is 0.325 e. The van der Waals surface area contributed by atoms with E-state index in [-0.39, 0.29) is 17.4 Å². The molecule has 1 aromatic rings. The van der Waals surface area contributed by atoms with Crippen molar-refractivity contribution >= 4 is 23.6 Å². The Kier molecular flexibility index (Phi) is 4.84. The summed E-state index contributed by atoms with van der Waals surface area (Å²) in [6, 6.07) is 5.55. The van der Waals surface area contributed by atoms with Crippen molar-refractivity contribution in [3.8, 4) is 5.75 Å². The molecule has 1 atom stereocenters. The molecule has 0 spiro atoms. The predicted molar refractivity (Wildman–Crippen MR) is 64.1 cm³/mol. The Morgan fingerprint density at radius 1 is 1.35 bits per heavy atom. The van der Waals surface area contributed by atoms with Gasteiger partial charge in [-0.15, -0.1) is 11.8 Å². The number of phenols is 1. The third-order valence-corrected chi connectivity index (χ3v) is 2.97. The highest BCUT2D eigenvalue weighted by Crippen LogP contribution is 2.20. The van der Waals surface area contributed by atoms with Gasteiger partial charge in [0.2, 0.25) is 5.91 Å². The van der Waals surface area contributed by atoms with Gasteiger partial charge in [0.25, 0.3) is 0 Å². The molecule has 1 unspecified atom stereocenters. The van der Waals surface area contributed by atoms with Crippen molar-refractivity contribution in [1.29, 1.82) is 0 Å². The van der Waals surface area contributed by atoms with Crippen LogP contribution < -0.4 is 5.32 Å². The Morgan fingerprint density at radius 2 is 1.94 bits per heavy atom. The Labute approximate surface area is 103 Å². The third kappa shape index (κ3) is 4.78. The lowest BCUT2D eigenvalue weighted by Crippen LogP contribution is -2.39. The second kappa shape index (κ2) is 6.15. The zero-order valence-electron chi connectivity index (χ0n) is 9.21. The van der Waals surface area contributed by atoms with Crippen LogP contribution in [0.1, 0.15) is 6.92 Å². The predicted octanol–water partition coefficient (Wildman–Crippen LogP) is 1.07. The second-order valence-electron chi connectivity index (χ2n) is 3.41. The highest BCUT2D eigenvalue weighted by Gasteiger charge is 2.13. The standard InChI is InChI=1S/C11H13NO4S/c1-7(11(15)16)12-10(14)6-17-9-4-2-8(13)3-5-9/h2-5,7,13H,6H2,1H3,(H,12,14)(H,15,16). The van der Waals surface area contributed by atoms with Crippen LogP contribution in [-0.2, 0) is 9.59 Å². The van der Waals surface area contributed by atoms with Crippen LogP contribution in [0.3, 0.4) is 0 Å². The normalized spacial score (nSPS) is 11.8. The Morgan fingerprint density at radius 3 is 2.47 bits per heavy atom. The lowest BCUT2D eigenvalue weighted by atomic mass is 10.3. The average molecular weight is 255 g/mol. The first-order valence-electron chi connectivity index (χ1n) is 4.93. The number of phenolic OH excluding ortho intramolecular Hbond substituents is 1. The molecule has 1 aromatic carbocycles. The number of hydrogen-bond donors (Lipinski definition) is 3. The number of benzene rings is 1. The summed E-state index contributed by atoms with van der Waals surface area (Å²) in [4.78, 5) is 22.7. The number of hydrogen-bond acceptors (Lipinski definition) is 4. The van der Waals surface area contributed by atoms with E-state index >= 15 is 0 Å². The van der Waals surface area contributed by atoms with Gasteiger partial charge in [0.05, 0.1) is 5.75 Å². The van der Waals surface area contributed by atoms with E-state index in [0.717, 1.165) is 4.90 Å². The molecule has 0 saturated heterocycles. The molecule has 6 heteroatoms. The summed E-state index contributed by atoms with van der Waals surface area (Å²) in [6.45, 7) is 1.41. The number of carbonyl (C=O) groups is 2. The topological polar surface area (TPSA) is 86.6 Å². The average Bonchev–Trinajstić information content (AvgIpc) is 2.28. The molecule has 0 bridgehead atoms. The number of amides is 1. The van der Waals surface area contributed by atoms with Crippen molar-refractivity contribution < 1.29 is 19.8 Å². The Balaban J connectivity index is 2.38. The fourth-order valence-corrected chi connectivity index (χ4v) is 1.75. The maximum absolute atomic E-state index is 11.4. The molecule has 0 fully saturated rings.